The van der Waals surface area contributed by atoms with Gasteiger partial charge in [-0.1, -0.05) is 67.7 Å². The summed E-state index contributed by atoms with van der Waals surface area (Å²) in [5.41, 5.74) is 3.20. The lowest BCUT2D eigenvalue weighted by molar-refractivity contribution is 0.597. The summed E-state index contributed by atoms with van der Waals surface area (Å²) in [5, 5.41) is 4.70. The van der Waals surface area contributed by atoms with Gasteiger partial charge in [0.1, 0.15) is 0 Å². The molecule has 1 atom stereocenters. The molecule has 0 saturated heterocycles. The molecule has 0 saturated carbocycles. The van der Waals surface area contributed by atoms with Crippen LogP contribution >= 0.6 is 23.2 Å². The number of para-hydroxylation sites is 2. The minimum Gasteiger partial charge on any atom is -0.353 e. The molecule has 0 spiro atoms. The zero-order valence-corrected chi connectivity index (χ0v) is 14.0. The van der Waals surface area contributed by atoms with Crippen molar-refractivity contribution in [2.75, 3.05) is 5.32 Å². The lowest BCUT2D eigenvalue weighted by Crippen LogP contribution is -2.03. The van der Waals surface area contributed by atoms with Crippen LogP contribution in [0.1, 0.15) is 44.6 Å². The van der Waals surface area contributed by atoms with Crippen molar-refractivity contribution in [1.29, 1.82) is 0 Å². The fraction of sp³-hybridized carbons (Fsp3) is 0.333. The Morgan fingerprint density at radius 3 is 2.24 bits per heavy atom. The zero-order chi connectivity index (χ0) is 15.2. The average Bonchev–Trinajstić information content (AvgIpc) is 2.49. The van der Waals surface area contributed by atoms with Crippen LogP contribution in [0.3, 0.4) is 0 Å². The molecule has 2 aromatic carbocycles. The Kier molecular flexibility index (Phi) is 5.96. The Balaban J connectivity index is 2.36. The summed E-state index contributed by atoms with van der Waals surface area (Å²) in [6.45, 7) is 4.46. The first-order chi connectivity index (χ1) is 10.2. The second kappa shape index (κ2) is 7.72. The van der Waals surface area contributed by atoms with Crippen molar-refractivity contribution in [3.05, 3.63) is 58.1 Å². The van der Waals surface area contributed by atoms with E-state index in [0.29, 0.717) is 16.0 Å². The number of benzene rings is 2. The monoisotopic (exact) mass is 321 g/mol. The Labute approximate surface area is 137 Å². The third kappa shape index (κ3) is 3.93. The van der Waals surface area contributed by atoms with E-state index >= 15 is 0 Å². The van der Waals surface area contributed by atoms with Crippen molar-refractivity contribution in [2.24, 2.45) is 0 Å². The van der Waals surface area contributed by atoms with Crippen LogP contribution in [0.4, 0.5) is 11.4 Å². The predicted octanol–water partition coefficient (Wildman–Crippen LogP) is 7.03. The second-order valence-electron chi connectivity index (χ2n) is 5.20. The molecule has 2 aromatic rings. The van der Waals surface area contributed by atoms with Crippen LogP contribution in [-0.2, 0) is 0 Å². The maximum Gasteiger partial charge on any atom is 0.0762 e. The largest absolute Gasteiger partial charge is 0.353 e. The molecule has 0 bridgehead atoms. The van der Waals surface area contributed by atoms with Gasteiger partial charge in [0, 0.05) is 5.69 Å². The van der Waals surface area contributed by atoms with Gasteiger partial charge in [0.25, 0.3) is 0 Å². The molecule has 0 amide bonds. The van der Waals surface area contributed by atoms with Gasteiger partial charge >= 0.3 is 0 Å². The highest BCUT2D eigenvalue weighted by molar-refractivity contribution is 6.39. The van der Waals surface area contributed by atoms with E-state index in [1.807, 2.05) is 24.3 Å². The van der Waals surface area contributed by atoms with Gasteiger partial charge in [-0.2, -0.15) is 0 Å². The number of nitrogens with one attached hydrogen (secondary N) is 1. The zero-order valence-electron chi connectivity index (χ0n) is 12.5. The van der Waals surface area contributed by atoms with E-state index < -0.39 is 0 Å². The molecule has 0 radical (unpaired) electrons. The number of rotatable bonds is 6. The maximum atomic E-state index is 6.26. The highest BCUT2D eigenvalue weighted by Gasteiger charge is 2.14. The van der Waals surface area contributed by atoms with Crippen molar-refractivity contribution in [2.45, 2.75) is 39.0 Å². The molecule has 0 aromatic heterocycles. The molecule has 0 aliphatic rings. The van der Waals surface area contributed by atoms with E-state index in [1.54, 1.807) is 0 Å². The van der Waals surface area contributed by atoms with E-state index in [0.717, 1.165) is 17.8 Å². The van der Waals surface area contributed by atoms with Gasteiger partial charge in [-0.3, -0.25) is 0 Å². The van der Waals surface area contributed by atoms with Crippen LogP contribution in [0.2, 0.25) is 10.0 Å². The van der Waals surface area contributed by atoms with Gasteiger partial charge in [0.15, 0.2) is 0 Å². The van der Waals surface area contributed by atoms with E-state index in [9.17, 15) is 0 Å². The van der Waals surface area contributed by atoms with E-state index in [1.165, 1.54) is 18.4 Å². The number of hydrogen-bond donors (Lipinski definition) is 1. The van der Waals surface area contributed by atoms with Crippen LogP contribution in [0.5, 0.6) is 0 Å². The molecule has 1 nitrogen and oxygen atoms in total. The molecule has 0 heterocycles. The number of halogens is 2. The normalized spacial score (nSPS) is 12.2. The van der Waals surface area contributed by atoms with Gasteiger partial charge in [0.2, 0.25) is 0 Å². The molecule has 3 heteroatoms. The van der Waals surface area contributed by atoms with Gasteiger partial charge in [-0.15, -0.1) is 0 Å². The van der Waals surface area contributed by atoms with Crippen molar-refractivity contribution in [1.82, 2.24) is 0 Å². The summed E-state index contributed by atoms with van der Waals surface area (Å²) >= 11 is 12.5. The van der Waals surface area contributed by atoms with Crippen LogP contribution in [0.25, 0.3) is 0 Å². The third-order valence-corrected chi connectivity index (χ3v) is 4.38. The van der Waals surface area contributed by atoms with E-state index in [2.05, 4.69) is 37.4 Å². The molecule has 21 heavy (non-hydrogen) atoms. The Morgan fingerprint density at radius 2 is 1.62 bits per heavy atom. The van der Waals surface area contributed by atoms with Crippen LogP contribution in [-0.4, -0.2) is 0 Å². The summed E-state index contributed by atoms with van der Waals surface area (Å²) in [6.07, 6.45) is 3.49. The van der Waals surface area contributed by atoms with E-state index in [4.69, 9.17) is 23.2 Å². The van der Waals surface area contributed by atoms with E-state index in [-0.39, 0.29) is 0 Å². The molecule has 1 N–H and O–H groups in total. The first kappa shape index (κ1) is 16.2. The Morgan fingerprint density at radius 1 is 0.952 bits per heavy atom. The standard InChI is InChI=1S/C18H21Cl2N/c1-3-8-13(4-2)14-9-5-6-12-17(14)21-18-15(19)10-7-11-16(18)20/h5-7,9-13,21H,3-4,8H2,1-2H3. The summed E-state index contributed by atoms with van der Waals surface area (Å²) in [6, 6.07) is 14.0. The topological polar surface area (TPSA) is 12.0 Å². The molecular formula is C18H21Cl2N. The fourth-order valence-corrected chi connectivity index (χ4v) is 3.14. The summed E-state index contributed by atoms with van der Waals surface area (Å²) < 4.78 is 0. The average molecular weight is 322 g/mol. The molecule has 112 valence electrons. The third-order valence-electron chi connectivity index (χ3n) is 3.75. The second-order valence-corrected chi connectivity index (χ2v) is 6.02. The van der Waals surface area contributed by atoms with Crippen molar-refractivity contribution >= 4 is 34.6 Å². The summed E-state index contributed by atoms with van der Waals surface area (Å²) in [7, 11) is 0. The van der Waals surface area contributed by atoms with Crippen LogP contribution < -0.4 is 5.32 Å². The highest BCUT2D eigenvalue weighted by Crippen LogP contribution is 2.37. The highest BCUT2D eigenvalue weighted by atomic mass is 35.5. The minimum atomic E-state index is 0.556. The van der Waals surface area contributed by atoms with Crippen LogP contribution in [0, 0.1) is 0 Å². The summed E-state index contributed by atoms with van der Waals surface area (Å²) in [4.78, 5) is 0. The first-order valence-corrected chi connectivity index (χ1v) is 8.22. The van der Waals surface area contributed by atoms with Crippen molar-refractivity contribution < 1.29 is 0 Å². The fourth-order valence-electron chi connectivity index (χ4n) is 2.65. The lowest BCUT2D eigenvalue weighted by Gasteiger charge is -2.20. The lowest BCUT2D eigenvalue weighted by atomic mass is 9.91. The van der Waals surface area contributed by atoms with Crippen LogP contribution in [0.15, 0.2) is 42.5 Å². The SMILES string of the molecule is CCCC(CC)c1ccccc1Nc1c(Cl)cccc1Cl. The molecule has 0 aliphatic carbocycles. The molecule has 2 rings (SSSR count). The Hall–Kier alpha value is -1.18. The minimum absolute atomic E-state index is 0.556. The first-order valence-electron chi connectivity index (χ1n) is 7.47. The van der Waals surface area contributed by atoms with Crippen molar-refractivity contribution in [3.63, 3.8) is 0 Å². The molecule has 1 unspecified atom stereocenters. The smallest absolute Gasteiger partial charge is 0.0762 e. The predicted molar refractivity (Wildman–Crippen MR) is 94.1 cm³/mol. The molecule has 0 aliphatic heterocycles. The Bertz CT molecular complexity index is 575. The number of hydrogen-bond acceptors (Lipinski definition) is 1. The molecule has 0 fully saturated rings. The maximum absolute atomic E-state index is 6.26. The molecular weight excluding hydrogens is 301 g/mol. The number of anilines is 2. The quantitative estimate of drug-likeness (QED) is 0.602. The van der Waals surface area contributed by atoms with Crippen molar-refractivity contribution in [3.8, 4) is 0 Å². The van der Waals surface area contributed by atoms with Gasteiger partial charge in [0.05, 0.1) is 15.7 Å². The van der Waals surface area contributed by atoms with Gasteiger partial charge in [-0.05, 0) is 42.5 Å². The van der Waals surface area contributed by atoms with Gasteiger partial charge in [-0.25, -0.2) is 0 Å². The van der Waals surface area contributed by atoms with Gasteiger partial charge < -0.3 is 5.32 Å². The summed E-state index contributed by atoms with van der Waals surface area (Å²) in [5.74, 6) is 0.556.